The molecule has 5 heteroatoms. The zero-order chi connectivity index (χ0) is 12.9. The lowest BCUT2D eigenvalue weighted by Crippen LogP contribution is -2.16. The number of nitrogens with zero attached hydrogens (tertiary/aromatic N) is 1. The predicted molar refractivity (Wildman–Crippen MR) is 71.2 cm³/mol. The van der Waals surface area contributed by atoms with Gasteiger partial charge in [-0.15, -0.1) is 0 Å². The second-order valence-corrected chi connectivity index (χ2v) is 6.40. The smallest absolute Gasteiger partial charge is 0.175 e. The quantitative estimate of drug-likeness (QED) is 0.783. The first-order valence-electron chi connectivity index (χ1n) is 5.58. The predicted octanol–water partition coefficient (Wildman–Crippen LogP) is 1.45. The van der Waals surface area contributed by atoms with Crippen LogP contribution < -0.4 is 5.32 Å². The number of hydrogen-bond donors (Lipinski definition) is 1. The topological polar surface area (TPSA) is 49.4 Å². The van der Waals surface area contributed by atoms with Gasteiger partial charge in [0.1, 0.15) is 0 Å². The second kappa shape index (κ2) is 6.02. The first-order valence-corrected chi connectivity index (χ1v) is 7.47. The molecule has 0 aliphatic rings. The van der Waals surface area contributed by atoms with Crippen molar-refractivity contribution in [2.45, 2.75) is 11.3 Å². The molecule has 0 fully saturated rings. The van der Waals surface area contributed by atoms with Gasteiger partial charge in [-0.05, 0) is 51.3 Å². The molecule has 17 heavy (non-hydrogen) atoms. The van der Waals surface area contributed by atoms with Crippen molar-refractivity contribution in [3.63, 3.8) is 0 Å². The summed E-state index contributed by atoms with van der Waals surface area (Å²) in [7, 11) is 0.995. The third-order valence-electron chi connectivity index (χ3n) is 2.39. The minimum absolute atomic E-state index is 0.358. The summed E-state index contributed by atoms with van der Waals surface area (Å²) < 4.78 is 22.5. The Bertz CT molecular complexity index is 438. The Morgan fingerprint density at radius 2 is 1.76 bits per heavy atom. The van der Waals surface area contributed by atoms with E-state index in [2.05, 4.69) is 10.2 Å². The van der Waals surface area contributed by atoms with E-state index in [9.17, 15) is 8.42 Å². The van der Waals surface area contributed by atoms with Crippen molar-refractivity contribution in [3.05, 3.63) is 24.3 Å². The lowest BCUT2D eigenvalue weighted by Gasteiger charge is -2.10. The fraction of sp³-hybridized carbons (Fsp3) is 0.500. The maximum absolute atomic E-state index is 11.3. The molecule has 0 saturated heterocycles. The first kappa shape index (κ1) is 14.0. The van der Waals surface area contributed by atoms with Crippen molar-refractivity contribution in [2.75, 3.05) is 38.8 Å². The zero-order valence-corrected chi connectivity index (χ0v) is 11.4. The largest absolute Gasteiger partial charge is 0.385 e. The number of hydrogen-bond acceptors (Lipinski definition) is 4. The van der Waals surface area contributed by atoms with Gasteiger partial charge in [-0.3, -0.25) is 0 Å². The van der Waals surface area contributed by atoms with Gasteiger partial charge >= 0.3 is 0 Å². The third kappa shape index (κ3) is 5.19. The minimum atomic E-state index is -3.09. The normalized spacial score (nSPS) is 11.8. The van der Waals surface area contributed by atoms with Gasteiger partial charge in [0.25, 0.3) is 0 Å². The van der Waals surface area contributed by atoms with Crippen molar-refractivity contribution >= 4 is 15.5 Å². The lowest BCUT2D eigenvalue weighted by molar-refractivity contribution is 0.405. The Hall–Kier alpha value is -1.07. The fourth-order valence-electron chi connectivity index (χ4n) is 1.45. The van der Waals surface area contributed by atoms with E-state index in [1.54, 1.807) is 24.3 Å². The number of benzene rings is 1. The van der Waals surface area contributed by atoms with E-state index in [-0.39, 0.29) is 0 Å². The van der Waals surface area contributed by atoms with Crippen LogP contribution >= 0.6 is 0 Å². The summed E-state index contributed by atoms with van der Waals surface area (Å²) >= 11 is 0. The van der Waals surface area contributed by atoms with Gasteiger partial charge in [0.15, 0.2) is 9.84 Å². The number of anilines is 1. The van der Waals surface area contributed by atoms with E-state index in [1.807, 2.05) is 14.1 Å². The molecule has 0 aromatic heterocycles. The van der Waals surface area contributed by atoms with Crippen molar-refractivity contribution in [1.29, 1.82) is 0 Å². The monoisotopic (exact) mass is 256 g/mol. The minimum Gasteiger partial charge on any atom is -0.385 e. The molecule has 0 atom stereocenters. The molecule has 0 bridgehead atoms. The molecule has 0 aliphatic carbocycles. The summed E-state index contributed by atoms with van der Waals surface area (Å²) in [5.74, 6) is 0. The van der Waals surface area contributed by atoms with Gasteiger partial charge < -0.3 is 10.2 Å². The molecule has 0 spiro atoms. The molecule has 96 valence electrons. The molecular formula is C12H20N2O2S. The van der Waals surface area contributed by atoms with Gasteiger partial charge in [0.05, 0.1) is 4.90 Å². The molecule has 1 aromatic carbocycles. The summed E-state index contributed by atoms with van der Waals surface area (Å²) in [4.78, 5) is 2.49. The molecule has 1 rings (SSSR count). The van der Waals surface area contributed by atoms with Crippen molar-refractivity contribution in [2.24, 2.45) is 0 Å². The standard InChI is InChI=1S/C12H20N2O2S/c1-14(2)10-4-9-13-11-5-7-12(8-6-11)17(3,15)16/h5-8,13H,4,9-10H2,1-3H3. The number of rotatable bonds is 6. The molecule has 1 aromatic rings. The van der Waals surface area contributed by atoms with Crippen LogP contribution in [0.2, 0.25) is 0 Å². The van der Waals surface area contributed by atoms with Crippen LogP contribution in [0.3, 0.4) is 0 Å². The van der Waals surface area contributed by atoms with Crippen LogP contribution in [0, 0.1) is 0 Å². The Morgan fingerprint density at radius 3 is 2.24 bits per heavy atom. The Balaban J connectivity index is 2.46. The van der Waals surface area contributed by atoms with Crippen LogP contribution in [-0.2, 0) is 9.84 Å². The van der Waals surface area contributed by atoms with E-state index in [1.165, 1.54) is 6.26 Å². The highest BCUT2D eigenvalue weighted by Gasteiger charge is 2.05. The van der Waals surface area contributed by atoms with Crippen LogP contribution in [0.15, 0.2) is 29.2 Å². The maximum Gasteiger partial charge on any atom is 0.175 e. The molecule has 0 heterocycles. The molecule has 0 aliphatic heterocycles. The van der Waals surface area contributed by atoms with Gasteiger partial charge in [-0.25, -0.2) is 8.42 Å². The molecule has 0 radical (unpaired) electrons. The molecule has 0 amide bonds. The fourth-order valence-corrected chi connectivity index (χ4v) is 2.08. The first-order chi connectivity index (χ1) is 7.89. The van der Waals surface area contributed by atoms with Gasteiger partial charge in [0, 0.05) is 18.5 Å². The summed E-state index contributed by atoms with van der Waals surface area (Å²) in [5, 5.41) is 3.26. The van der Waals surface area contributed by atoms with Crippen LogP contribution in [0.1, 0.15) is 6.42 Å². The Kier molecular flexibility index (Phi) is 4.96. The van der Waals surface area contributed by atoms with E-state index in [4.69, 9.17) is 0 Å². The highest BCUT2D eigenvalue weighted by atomic mass is 32.2. The highest BCUT2D eigenvalue weighted by Crippen LogP contribution is 2.13. The van der Waals surface area contributed by atoms with E-state index >= 15 is 0 Å². The maximum atomic E-state index is 11.3. The summed E-state index contributed by atoms with van der Waals surface area (Å²) in [6.07, 6.45) is 2.27. The molecule has 0 unspecified atom stereocenters. The molecule has 1 N–H and O–H groups in total. The average molecular weight is 256 g/mol. The second-order valence-electron chi connectivity index (χ2n) is 4.38. The molecule has 0 saturated carbocycles. The van der Waals surface area contributed by atoms with Gasteiger partial charge in [0.2, 0.25) is 0 Å². The Labute approximate surface area is 104 Å². The number of nitrogens with one attached hydrogen (secondary N) is 1. The summed E-state index contributed by atoms with van der Waals surface area (Å²) in [5.41, 5.74) is 0.955. The summed E-state index contributed by atoms with van der Waals surface area (Å²) in [6, 6.07) is 6.85. The van der Waals surface area contributed by atoms with Crippen molar-refractivity contribution < 1.29 is 8.42 Å². The van der Waals surface area contributed by atoms with Crippen molar-refractivity contribution in [1.82, 2.24) is 4.90 Å². The third-order valence-corrected chi connectivity index (χ3v) is 3.52. The van der Waals surface area contributed by atoms with Gasteiger partial charge in [-0.2, -0.15) is 0 Å². The van der Waals surface area contributed by atoms with E-state index in [0.717, 1.165) is 25.2 Å². The van der Waals surface area contributed by atoms with Crippen LogP contribution in [0.25, 0.3) is 0 Å². The summed E-state index contributed by atoms with van der Waals surface area (Å²) in [6.45, 7) is 1.92. The average Bonchev–Trinajstić information content (AvgIpc) is 2.23. The van der Waals surface area contributed by atoms with Crippen molar-refractivity contribution in [3.8, 4) is 0 Å². The van der Waals surface area contributed by atoms with Gasteiger partial charge in [-0.1, -0.05) is 0 Å². The SMILES string of the molecule is CN(C)CCCNc1ccc(S(C)(=O)=O)cc1. The van der Waals surface area contributed by atoms with Crippen LogP contribution in [0.4, 0.5) is 5.69 Å². The Morgan fingerprint density at radius 1 is 1.18 bits per heavy atom. The van der Waals surface area contributed by atoms with E-state index < -0.39 is 9.84 Å². The van der Waals surface area contributed by atoms with Crippen LogP contribution in [-0.4, -0.2) is 46.8 Å². The highest BCUT2D eigenvalue weighted by molar-refractivity contribution is 7.90. The molecular weight excluding hydrogens is 236 g/mol. The molecule has 4 nitrogen and oxygen atoms in total. The van der Waals surface area contributed by atoms with Crippen LogP contribution in [0.5, 0.6) is 0 Å². The van der Waals surface area contributed by atoms with E-state index in [0.29, 0.717) is 4.90 Å². The number of sulfone groups is 1. The lowest BCUT2D eigenvalue weighted by atomic mass is 10.3. The zero-order valence-electron chi connectivity index (χ0n) is 10.6.